The summed E-state index contributed by atoms with van der Waals surface area (Å²) in [5, 5.41) is 0. The molecule has 0 N–H and O–H groups in total. The first-order valence-corrected chi connectivity index (χ1v) is 10.2. The standard InChI is InChI=1S/C22H36O2/c1-3-4-11-21(12-7-5-8-13-21)18-23-20(2)16-17-22(19-24-20)14-9-6-10-15-22/h4H,1,5-19H2,2H3. The zero-order chi connectivity index (χ0) is 16.9. The first kappa shape index (κ1) is 18.2. The van der Waals surface area contributed by atoms with Crippen molar-refractivity contribution in [3.8, 4) is 0 Å². The predicted octanol–water partition coefficient (Wildman–Crippen LogP) is 6.16. The maximum absolute atomic E-state index is 6.45. The molecule has 24 heavy (non-hydrogen) atoms. The van der Waals surface area contributed by atoms with E-state index in [-0.39, 0.29) is 11.2 Å². The van der Waals surface area contributed by atoms with E-state index >= 15 is 0 Å². The van der Waals surface area contributed by atoms with Crippen molar-refractivity contribution in [2.75, 3.05) is 13.2 Å². The highest BCUT2D eigenvalue weighted by atomic mass is 16.7. The van der Waals surface area contributed by atoms with Gasteiger partial charge in [-0.2, -0.15) is 0 Å². The lowest BCUT2D eigenvalue weighted by molar-refractivity contribution is -0.281. The van der Waals surface area contributed by atoms with Gasteiger partial charge in [0.05, 0.1) is 13.2 Å². The maximum atomic E-state index is 6.45. The Kier molecular flexibility index (Phi) is 5.90. The molecule has 2 nitrogen and oxygen atoms in total. The van der Waals surface area contributed by atoms with Crippen molar-refractivity contribution in [3.63, 3.8) is 0 Å². The lowest BCUT2D eigenvalue weighted by Gasteiger charge is -2.48. The van der Waals surface area contributed by atoms with Crippen LogP contribution in [0.3, 0.4) is 0 Å². The van der Waals surface area contributed by atoms with E-state index in [0.29, 0.717) is 5.41 Å². The van der Waals surface area contributed by atoms with Crippen LogP contribution < -0.4 is 0 Å². The molecule has 1 spiro atoms. The smallest absolute Gasteiger partial charge is 0.165 e. The van der Waals surface area contributed by atoms with Gasteiger partial charge in [0.1, 0.15) is 0 Å². The van der Waals surface area contributed by atoms with Crippen molar-refractivity contribution in [1.29, 1.82) is 0 Å². The molecule has 2 heteroatoms. The van der Waals surface area contributed by atoms with Gasteiger partial charge < -0.3 is 9.47 Å². The molecule has 0 aromatic heterocycles. The van der Waals surface area contributed by atoms with Gasteiger partial charge in [0.25, 0.3) is 0 Å². The Morgan fingerprint density at radius 2 is 1.62 bits per heavy atom. The fraction of sp³-hybridized carbons (Fsp3) is 0.864. The minimum atomic E-state index is -0.370. The summed E-state index contributed by atoms with van der Waals surface area (Å²) >= 11 is 0. The van der Waals surface area contributed by atoms with Crippen LogP contribution in [0.1, 0.15) is 90.4 Å². The second-order valence-corrected chi connectivity index (χ2v) is 8.94. The van der Waals surface area contributed by atoms with Gasteiger partial charge in [-0.1, -0.05) is 45.1 Å². The molecule has 3 rings (SSSR count). The summed E-state index contributed by atoms with van der Waals surface area (Å²) in [7, 11) is 0. The van der Waals surface area contributed by atoms with Crippen LogP contribution in [0, 0.1) is 10.8 Å². The third-order valence-corrected chi connectivity index (χ3v) is 6.98. The van der Waals surface area contributed by atoms with Crippen LogP contribution >= 0.6 is 0 Å². The number of hydrogen-bond acceptors (Lipinski definition) is 2. The zero-order valence-corrected chi connectivity index (χ0v) is 15.7. The molecule has 0 radical (unpaired) electrons. The molecule has 2 saturated carbocycles. The highest BCUT2D eigenvalue weighted by Crippen LogP contribution is 2.47. The van der Waals surface area contributed by atoms with Crippen molar-refractivity contribution >= 4 is 0 Å². The van der Waals surface area contributed by atoms with Gasteiger partial charge >= 0.3 is 0 Å². The fourth-order valence-corrected chi connectivity index (χ4v) is 5.06. The van der Waals surface area contributed by atoms with Crippen molar-refractivity contribution in [2.24, 2.45) is 10.8 Å². The number of ether oxygens (including phenoxy) is 2. The molecule has 0 amide bonds. The average molecular weight is 333 g/mol. The van der Waals surface area contributed by atoms with Gasteiger partial charge in [-0.3, -0.25) is 0 Å². The predicted molar refractivity (Wildman–Crippen MR) is 98.9 cm³/mol. The van der Waals surface area contributed by atoms with Crippen LogP contribution in [-0.2, 0) is 9.47 Å². The zero-order valence-electron chi connectivity index (χ0n) is 15.7. The van der Waals surface area contributed by atoms with Crippen molar-refractivity contribution in [2.45, 2.75) is 96.2 Å². The fourth-order valence-electron chi connectivity index (χ4n) is 5.06. The van der Waals surface area contributed by atoms with Crippen molar-refractivity contribution in [3.05, 3.63) is 18.4 Å². The molecule has 0 aromatic rings. The molecule has 0 aromatic carbocycles. The Morgan fingerprint density at radius 1 is 0.958 bits per heavy atom. The third-order valence-electron chi connectivity index (χ3n) is 6.98. The summed E-state index contributed by atoms with van der Waals surface area (Å²) in [5.41, 5.74) is 3.72. The number of allylic oxidation sites excluding steroid dienone is 1. The maximum Gasteiger partial charge on any atom is 0.165 e. The topological polar surface area (TPSA) is 18.5 Å². The summed E-state index contributed by atoms with van der Waals surface area (Å²) in [6.45, 7) is 7.65. The van der Waals surface area contributed by atoms with Crippen LogP contribution in [0.15, 0.2) is 18.4 Å². The second kappa shape index (κ2) is 7.77. The van der Waals surface area contributed by atoms with Gasteiger partial charge in [-0.25, -0.2) is 0 Å². The average Bonchev–Trinajstić information content (AvgIpc) is 2.63. The largest absolute Gasteiger partial charge is 0.350 e. The lowest BCUT2D eigenvalue weighted by atomic mass is 9.70. The molecule has 2 aliphatic carbocycles. The van der Waals surface area contributed by atoms with Crippen LogP contribution in [0.4, 0.5) is 0 Å². The molecular formula is C22H36O2. The normalized spacial score (nSPS) is 32.2. The minimum Gasteiger partial charge on any atom is -0.350 e. The first-order valence-electron chi connectivity index (χ1n) is 10.2. The summed E-state index contributed by atoms with van der Waals surface area (Å²) in [4.78, 5) is 0. The summed E-state index contributed by atoms with van der Waals surface area (Å²) < 4.78 is 12.8. The molecule has 1 saturated heterocycles. The van der Waals surface area contributed by atoms with E-state index in [1.54, 1.807) is 0 Å². The minimum absolute atomic E-state index is 0.287. The first-order chi connectivity index (χ1) is 11.6. The Morgan fingerprint density at radius 3 is 2.21 bits per heavy atom. The number of hydrogen-bond donors (Lipinski definition) is 0. The summed E-state index contributed by atoms with van der Waals surface area (Å²) in [6.07, 6.45) is 19.0. The van der Waals surface area contributed by atoms with Crippen LogP contribution in [-0.4, -0.2) is 19.0 Å². The van der Waals surface area contributed by atoms with Gasteiger partial charge in [-0.15, -0.1) is 5.73 Å². The Labute approximate surface area is 148 Å². The Bertz CT molecular complexity index is 439. The SMILES string of the molecule is C=C=CCC1(COC2(C)CCC3(CCCCC3)CO2)CCCCC1. The highest BCUT2D eigenvalue weighted by Gasteiger charge is 2.43. The molecule has 0 bridgehead atoms. The van der Waals surface area contributed by atoms with E-state index in [1.165, 1.54) is 70.6 Å². The molecule has 3 aliphatic rings. The van der Waals surface area contributed by atoms with E-state index in [0.717, 1.165) is 26.1 Å². The van der Waals surface area contributed by atoms with E-state index in [2.05, 4.69) is 25.3 Å². The summed E-state index contributed by atoms with van der Waals surface area (Å²) in [6, 6.07) is 0. The number of rotatable bonds is 5. The molecule has 1 aliphatic heterocycles. The van der Waals surface area contributed by atoms with E-state index in [9.17, 15) is 0 Å². The van der Waals surface area contributed by atoms with Crippen molar-refractivity contribution in [1.82, 2.24) is 0 Å². The molecule has 1 atom stereocenters. The van der Waals surface area contributed by atoms with Gasteiger partial charge in [0.15, 0.2) is 5.79 Å². The molecule has 1 heterocycles. The van der Waals surface area contributed by atoms with E-state index in [4.69, 9.17) is 9.47 Å². The molecule has 3 fully saturated rings. The Hall–Kier alpha value is -0.560. The monoisotopic (exact) mass is 332 g/mol. The highest BCUT2D eigenvalue weighted by molar-refractivity contribution is 4.93. The van der Waals surface area contributed by atoms with E-state index in [1.807, 2.05) is 0 Å². The molecule has 136 valence electrons. The molecule has 1 unspecified atom stereocenters. The van der Waals surface area contributed by atoms with Crippen LogP contribution in [0.25, 0.3) is 0 Å². The van der Waals surface area contributed by atoms with Gasteiger partial charge in [-0.05, 0) is 62.4 Å². The second-order valence-electron chi connectivity index (χ2n) is 8.94. The van der Waals surface area contributed by atoms with Crippen molar-refractivity contribution < 1.29 is 9.47 Å². The quantitative estimate of drug-likeness (QED) is 0.561. The van der Waals surface area contributed by atoms with Gasteiger partial charge in [0.2, 0.25) is 0 Å². The van der Waals surface area contributed by atoms with Gasteiger partial charge in [0, 0.05) is 6.42 Å². The summed E-state index contributed by atoms with van der Waals surface area (Å²) in [5.74, 6) is -0.370. The van der Waals surface area contributed by atoms with Crippen LogP contribution in [0.5, 0.6) is 0 Å². The Balaban J connectivity index is 1.55. The molecular weight excluding hydrogens is 296 g/mol. The third kappa shape index (κ3) is 4.34. The lowest BCUT2D eigenvalue weighted by Crippen LogP contribution is -2.47. The van der Waals surface area contributed by atoms with Crippen LogP contribution in [0.2, 0.25) is 0 Å². The van der Waals surface area contributed by atoms with E-state index < -0.39 is 0 Å².